The Labute approximate surface area is 65.4 Å². The highest BCUT2D eigenvalue weighted by Crippen LogP contribution is 2.28. The summed E-state index contributed by atoms with van der Waals surface area (Å²) >= 11 is -2.81. The lowest BCUT2D eigenvalue weighted by molar-refractivity contribution is 0.0464. The molecule has 0 aromatic rings. The highest BCUT2D eigenvalue weighted by Gasteiger charge is 2.45. The van der Waals surface area contributed by atoms with Gasteiger partial charge in [0.15, 0.2) is 0 Å². The van der Waals surface area contributed by atoms with Crippen LogP contribution in [0.15, 0.2) is 0 Å². The zero-order valence-corrected chi connectivity index (χ0v) is 7.11. The van der Waals surface area contributed by atoms with Crippen molar-refractivity contribution in [3.63, 3.8) is 0 Å². The molecule has 1 fully saturated rings. The average Bonchev–Trinajstić information content (AvgIpc) is 1.89. The van der Waals surface area contributed by atoms with Gasteiger partial charge in [-0.05, 0) is 12.8 Å². The van der Waals surface area contributed by atoms with Gasteiger partial charge in [-0.3, -0.25) is 0 Å². The van der Waals surface area contributed by atoms with Crippen molar-refractivity contribution in [3.05, 3.63) is 0 Å². The third kappa shape index (κ3) is 1.72. The van der Waals surface area contributed by atoms with Crippen LogP contribution in [0.1, 0.15) is 32.1 Å². The van der Waals surface area contributed by atoms with Gasteiger partial charge in [0.2, 0.25) is 0 Å². The van der Waals surface area contributed by atoms with Crippen LogP contribution in [0.2, 0.25) is 0 Å². The summed E-state index contributed by atoms with van der Waals surface area (Å²) in [6.07, 6.45) is 4.14. The second-order valence-corrected chi connectivity index (χ2v) is 4.86. The first-order valence-corrected chi connectivity index (χ1v) is 5.35. The van der Waals surface area contributed by atoms with Gasteiger partial charge in [-0.1, -0.05) is 19.3 Å². The van der Waals surface area contributed by atoms with E-state index in [0.29, 0.717) is 12.8 Å². The minimum Gasteiger partial charge on any atom is -0.492 e. The van der Waals surface area contributed by atoms with Gasteiger partial charge >= 0.3 is 14.8 Å². The Morgan fingerprint density at radius 1 is 1.00 bits per heavy atom. The van der Waals surface area contributed by atoms with Crippen molar-refractivity contribution in [2.45, 2.75) is 36.6 Å². The highest BCUT2D eigenvalue weighted by atomic mass is 27.2. The normalized spacial score (nSPS) is 24.3. The number of aliphatic hydroxyl groups is 1. The maximum absolute atomic E-state index is 9.51. The van der Waals surface area contributed by atoms with Crippen LogP contribution in [-0.4, -0.2) is 32.7 Å². The fourth-order valence-corrected chi connectivity index (χ4v) is 2.35. The lowest BCUT2D eigenvalue weighted by Gasteiger charge is -2.29. The van der Waals surface area contributed by atoms with Crippen molar-refractivity contribution in [2.24, 2.45) is 0 Å². The van der Waals surface area contributed by atoms with E-state index in [0.717, 1.165) is 19.3 Å². The lowest BCUT2D eigenvalue weighted by atomic mass is 9.97. The molecule has 10 heavy (non-hydrogen) atoms. The molecule has 3 nitrogen and oxygen atoms in total. The monoisotopic (exact) mass is 160 g/mol. The summed E-state index contributed by atoms with van der Waals surface area (Å²) in [6, 6.07) is 0. The fourth-order valence-electron chi connectivity index (χ4n) is 1.42. The SMILES string of the molecule is [OH][Al]([OH])[C]1(O)CCCCC1. The van der Waals surface area contributed by atoms with E-state index in [1.807, 2.05) is 0 Å². The molecule has 0 radical (unpaired) electrons. The van der Waals surface area contributed by atoms with Crippen molar-refractivity contribution in [3.8, 4) is 0 Å². The van der Waals surface area contributed by atoms with Crippen molar-refractivity contribution in [2.75, 3.05) is 0 Å². The molecule has 0 aromatic heterocycles. The van der Waals surface area contributed by atoms with Gasteiger partial charge in [-0.25, -0.2) is 0 Å². The van der Waals surface area contributed by atoms with Crippen LogP contribution in [0.25, 0.3) is 0 Å². The third-order valence-corrected chi connectivity index (χ3v) is 3.74. The Morgan fingerprint density at radius 2 is 1.50 bits per heavy atom. The molecule has 0 atom stereocenters. The summed E-state index contributed by atoms with van der Waals surface area (Å²) in [6.45, 7) is 0. The molecular weight excluding hydrogens is 147 g/mol. The number of hydrogen-bond acceptors (Lipinski definition) is 3. The Bertz CT molecular complexity index is 110. The van der Waals surface area contributed by atoms with Gasteiger partial charge in [-0.2, -0.15) is 0 Å². The lowest BCUT2D eigenvalue weighted by Crippen LogP contribution is -2.47. The molecule has 1 saturated carbocycles. The summed E-state index contributed by atoms with van der Waals surface area (Å²) < 4.78 is 16.7. The molecule has 1 aliphatic rings. The Morgan fingerprint density at radius 3 is 1.80 bits per heavy atom. The number of hydrogen-bond donors (Lipinski definition) is 3. The maximum Gasteiger partial charge on any atom is 0.704 e. The summed E-state index contributed by atoms with van der Waals surface area (Å²) in [5.74, 6) is 0. The first-order valence-electron chi connectivity index (χ1n) is 3.74. The fraction of sp³-hybridized carbons (Fsp3) is 1.00. The van der Waals surface area contributed by atoms with Crippen molar-refractivity contribution in [1.29, 1.82) is 0 Å². The Kier molecular flexibility index (Phi) is 2.73. The van der Waals surface area contributed by atoms with Gasteiger partial charge in [0.05, 0.1) is 4.46 Å². The predicted molar refractivity (Wildman–Crippen MR) is 38.2 cm³/mol. The van der Waals surface area contributed by atoms with Crippen molar-refractivity contribution >= 4 is 14.8 Å². The van der Waals surface area contributed by atoms with Crippen LogP contribution in [0.5, 0.6) is 0 Å². The van der Waals surface area contributed by atoms with E-state index in [1.54, 1.807) is 0 Å². The molecule has 4 heteroatoms. The Balaban J connectivity index is 2.48. The van der Waals surface area contributed by atoms with E-state index in [2.05, 4.69) is 0 Å². The molecular formula is C6H13AlO3. The topological polar surface area (TPSA) is 60.7 Å². The molecule has 3 N–H and O–H groups in total. The van der Waals surface area contributed by atoms with Crippen LogP contribution in [0, 0.1) is 0 Å². The Hall–Kier alpha value is 0.412. The largest absolute Gasteiger partial charge is 0.704 e. The average molecular weight is 160 g/mol. The molecule has 0 heterocycles. The second kappa shape index (κ2) is 3.21. The van der Waals surface area contributed by atoms with Gasteiger partial charge in [-0.15, -0.1) is 0 Å². The van der Waals surface area contributed by atoms with E-state index in [9.17, 15) is 5.11 Å². The molecule has 1 aliphatic carbocycles. The summed E-state index contributed by atoms with van der Waals surface area (Å²) in [4.78, 5) is 0. The zero-order chi connectivity index (χ0) is 7.61. The predicted octanol–water partition coefficient (Wildman–Crippen LogP) is -0.306. The summed E-state index contributed by atoms with van der Waals surface area (Å²) in [7, 11) is 0. The molecule has 0 amide bonds. The van der Waals surface area contributed by atoms with Crippen LogP contribution in [0.3, 0.4) is 0 Å². The van der Waals surface area contributed by atoms with Crippen LogP contribution < -0.4 is 0 Å². The summed E-state index contributed by atoms with van der Waals surface area (Å²) in [5, 5.41) is 9.51. The molecule has 0 unspecified atom stereocenters. The van der Waals surface area contributed by atoms with Crippen molar-refractivity contribution in [1.82, 2.24) is 0 Å². The molecule has 0 spiro atoms. The molecule has 0 bridgehead atoms. The first-order chi connectivity index (χ1) is 4.65. The zero-order valence-electron chi connectivity index (χ0n) is 5.95. The minimum atomic E-state index is -2.81. The van der Waals surface area contributed by atoms with Crippen molar-refractivity contribution < 1.29 is 13.4 Å². The number of rotatable bonds is 1. The van der Waals surface area contributed by atoms with Gasteiger partial charge in [0.25, 0.3) is 0 Å². The maximum atomic E-state index is 9.51. The highest BCUT2D eigenvalue weighted by molar-refractivity contribution is 6.45. The first kappa shape index (κ1) is 8.51. The van der Waals surface area contributed by atoms with E-state index >= 15 is 0 Å². The molecule has 0 aliphatic heterocycles. The standard InChI is InChI=1S/C6H11O.Al.2H2O/c7-6-4-2-1-3-5-6;;;/h7H,1-5H2;;2*1H2/q;+2;;/p-2. The van der Waals surface area contributed by atoms with Crippen LogP contribution in [0.4, 0.5) is 0 Å². The smallest absolute Gasteiger partial charge is 0.492 e. The van der Waals surface area contributed by atoms with Crippen LogP contribution in [-0.2, 0) is 0 Å². The summed E-state index contributed by atoms with van der Waals surface area (Å²) in [5.41, 5.74) is 0. The molecule has 1 rings (SSSR count). The van der Waals surface area contributed by atoms with Gasteiger partial charge in [0.1, 0.15) is 0 Å². The third-order valence-electron chi connectivity index (χ3n) is 2.20. The molecule has 0 aromatic carbocycles. The second-order valence-electron chi connectivity index (χ2n) is 3.04. The van der Waals surface area contributed by atoms with E-state index in [1.165, 1.54) is 0 Å². The molecule has 58 valence electrons. The van der Waals surface area contributed by atoms with Crippen LogP contribution >= 0.6 is 0 Å². The van der Waals surface area contributed by atoms with E-state index in [4.69, 9.17) is 8.32 Å². The van der Waals surface area contributed by atoms with E-state index < -0.39 is 19.3 Å². The minimum absolute atomic E-state index is 0.580. The van der Waals surface area contributed by atoms with Gasteiger partial charge in [0, 0.05) is 0 Å². The van der Waals surface area contributed by atoms with Gasteiger partial charge < -0.3 is 13.4 Å². The van der Waals surface area contributed by atoms with E-state index in [-0.39, 0.29) is 0 Å². The quantitative estimate of drug-likeness (QED) is 0.461. The molecule has 0 saturated heterocycles.